The normalized spacial score (nSPS) is 24.3. The van der Waals surface area contributed by atoms with Crippen molar-refractivity contribution in [1.29, 1.82) is 5.41 Å². The minimum atomic E-state index is -1.29. The predicted octanol–water partition coefficient (Wildman–Crippen LogP) is 5.50. The smallest absolute Gasteiger partial charge is 0.410 e. The second-order valence-corrected chi connectivity index (χ2v) is 11.2. The Kier molecular flexibility index (Phi) is 6.93. The molecule has 4 N–H and O–H groups in total. The Morgan fingerprint density at radius 1 is 1.06 bits per heavy atom. The number of imidazole rings is 1. The monoisotopic (exact) mass is 481 g/mol. The van der Waals surface area contributed by atoms with Gasteiger partial charge in [0.25, 0.3) is 0 Å². The molecule has 0 unspecified atom stereocenters. The fourth-order valence-corrected chi connectivity index (χ4v) is 6.15. The van der Waals surface area contributed by atoms with Crippen molar-refractivity contribution in [2.45, 2.75) is 103 Å². The van der Waals surface area contributed by atoms with Gasteiger partial charge in [0.05, 0.1) is 0 Å². The maximum atomic E-state index is 11.2. The van der Waals surface area contributed by atoms with Crippen molar-refractivity contribution >= 4 is 28.9 Å². The number of fused-ring (bicyclic) bond motifs is 1. The molecule has 0 saturated heterocycles. The zero-order valence-corrected chi connectivity index (χ0v) is 21.0. The third kappa shape index (κ3) is 5.14. The number of nitrogens with zero attached hydrogens (tertiary/aromatic N) is 4. The van der Waals surface area contributed by atoms with Crippen molar-refractivity contribution < 1.29 is 9.90 Å². The lowest BCUT2D eigenvalue weighted by Crippen LogP contribution is -2.33. The number of nitrogens with one attached hydrogen (secondary N) is 3. The highest BCUT2D eigenvalue weighted by molar-refractivity contribution is 6.03. The molecule has 3 fully saturated rings. The minimum Gasteiger partial charge on any atom is -0.465 e. The zero-order valence-electron chi connectivity index (χ0n) is 21.0. The average molecular weight is 482 g/mol. The first-order valence-electron chi connectivity index (χ1n) is 13.5. The summed E-state index contributed by atoms with van der Waals surface area (Å²) in [6, 6.07) is 0.241. The average Bonchev–Trinajstić information content (AvgIpc) is 3.42. The van der Waals surface area contributed by atoms with E-state index in [4.69, 9.17) is 20.5 Å². The Balaban J connectivity index is 1.58. The molecule has 5 rings (SSSR count). The first-order chi connectivity index (χ1) is 16.9. The lowest BCUT2D eigenvalue weighted by atomic mass is 9.80. The number of carbonyl (C=O) groups is 1. The van der Waals surface area contributed by atoms with Crippen molar-refractivity contribution in [3.05, 3.63) is 11.6 Å². The summed E-state index contributed by atoms with van der Waals surface area (Å²) in [6.07, 6.45) is 12.1. The molecule has 3 aliphatic carbocycles. The minimum absolute atomic E-state index is 0.0670. The van der Waals surface area contributed by atoms with Crippen LogP contribution in [0.25, 0.3) is 11.2 Å². The van der Waals surface area contributed by atoms with Gasteiger partial charge in [-0.1, -0.05) is 39.0 Å². The van der Waals surface area contributed by atoms with Gasteiger partial charge in [0.15, 0.2) is 23.1 Å². The van der Waals surface area contributed by atoms with Gasteiger partial charge in [-0.25, -0.2) is 19.7 Å². The first kappa shape index (κ1) is 24.0. The van der Waals surface area contributed by atoms with Crippen LogP contribution in [0.3, 0.4) is 0 Å². The number of aromatic nitrogens is 4. The van der Waals surface area contributed by atoms with Crippen LogP contribution in [0.2, 0.25) is 0 Å². The van der Waals surface area contributed by atoms with Crippen LogP contribution in [0.1, 0.15) is 102 Å². The number of hydrogen-bond donors (Lipinski definition) is 4. The predicted molar refractivity (Wildman–Crippen MR) is 136 cm³/mol. The van der Waals surface area contributed by atoms with Crippen molar-refractivity contribution in [2.75, 3.05) is 5.32 Å². The lowest BCUT2D eigenvalue weighted by molar-refractivity contribution is 0.200. The summed E-state index contributed by atoms with van der Waals surface area (Å²) in [7, 11) is 0. The topological polar surface area (TPSA) is 129 Å². The van der Waals surface area contributed by atoms with Gasteiger partial charge < -0.3 is 15.0 Å². The molecule has 9 nitrogen and oxygen atoms in total. The van der Waals surface area contributed by atoms with Crippen LogP contribution in [-0.4, -0.2) is 42.6 Å². The van der Waals surface area contributed by atoms with Crippen LogP contribution in [0.15, 0.2) is 0 Å². The number of carboxylic acid groups (broad SMARTS) is 1. The van der Waals surface area contributed by atoms with Gasteiger partial charge in [0, 0.05) is 18.5 Å². The second-order valence-electron chi connectivity index (χ2n) is 11.2. The zero-order chi connectivity index (χ0) is 24.5. The summed E-state index contributed by atoms with van der Waals surface area (Å²) >= 11 is 0. The Morgan fingerprint density at radius 2 is 1.77 bits per heavy atom. The number of amidine groups is 1. The molecular weight excluding hydrogens is 442 g/mol. The molecule has 0 aliphatic heterocycles. The molecule has 35 heavy (non-hydrogen) atoms. The van der Waals surface area contributed by atoms with E-state index < -0.39 is 6.09 Å². The van der Waals surface area contributed by atoms with Crippen molar-refractivity contribution in [3.8, 4) is 0 Å². The van der Waals surface area contributed by atoms with Gasteiger partial charge in [0.1, 0.15) is 11.3 Å². The highest BCUT2D eigenvalue weighted by atomic mass is 16.4. The summed E-state index contributed by atoms with van der Waals surface area (Å²) in [6.45, 7) is 5.47. The molecule has 0 radical (unpaired) electrons. The van der Waals surface area contributed by atoms with Gasteiger partial charge in [-0.3, -0.25) is 10.7 Å². The summed E-state index contributed by atoms with van der Waals surface area (Å²) < 4.78 is 2.39. The Bertz CT molecular complexity index is 1080. The highest BCUT2D eigenvalue weighted by Crippen LogP contribution is 2.39. The number of hydrogen-bond acceptors (Lipinski definition) is 6. The molecule has 2 heterocycles. The Hall–Kier alpha value is -2.71. The van der Waals surface area contributed by atoms with E-state index in [0.29, 0.717) is 29.2 Å². The third-order valence-corrected chi connectivity index (χ3v) is 8.61. The molecule has 1 atom stereocenters. The largest absolute Gasteiger partial charge is 0.465 e. The number of rotatable bonds is 7. The van der Waals surface area contributed by atoms with Crippen LogP contribution >= 0.6 is 0 Å². The second kappa shape index (κ2) is 10.1. The van der Waals surface area contributed by atoms with Crippen molar-refractivity contribution in [2.24, 2.45) is 17.8 Å². The summed E-state index contributed by atoms with van der Waals surface area (Å²) in [4.78, 5) is 25.5. The number of anilines is 1. The van der Waals surface area contributed by atoms with E-state index in [1.807, 2.05) is 0 Å². The molecule has 0 bridgehead atoms. The van der Waals surface area contributed by atoms with Gasteiger partial charge in [-0.15, -0.1) is 0 Å². The van der Waals surface area contributed by atoms with Crippen molar-refractivity contribution in [3.63, 3.8) is 0 Å². The maximum absolute atomic E-state index is 11.2. The number of amides is 1. The molecule has 0 aromatic carbocycles. The van der Waals surface area contributed by atoms with E-state index in [0.717, 1.165) is 36.6 Å². The Morgan fingerprint density at radius 3 is 2.40 bits per heavy atom. The van der Waals surface area contributed by atoms with Gasteiger partial charge in [-0.05, 0) is 63.2 Å². The molecule has 190 valence electrons. The SMILES string of the molecule is C[C@@H](Nc1nc(C(=N)NC(=O)O)nc2nc(C3CCCC3)n(C[C@H]3CC[C@H](C)CC3)c12)C1CCC1. The summed E-state index contributed by atoms with van der Waals surface area (Å²) in [5, 5.41) is 23.1. The fourth-order valence-electron chi connectivity index (χ4n) is 6.15. The third-order valence-electron chi connectivity index (χ3n) is 8.61. The quantitative estimate of drug-likeness (QED) is 0.305. The van der Waals surface area contributed by atoms with E-state index >= 15 is 0 Å². The molecule has 2 aromatic heterocycles. The first-order valence-corrected chi connectivity index (χ1v) is 13.5. The summed E-state index contributed by atoms with van der Waals surface area (Å²) in [5.74, 6) is 3.97. The van der Waals surface area contributed by atoms with Crippen LogP contribution in [0.4, 0.5) is 10.6 Å². The molecule has 1 amide bonds. The van der Waals surface area contributed by atoms with Crippen LogP contribution < -0.4 is 10.6 Å². The van der Waals surface area contributed by atoms with Gasteiger partial charge in [0.2, 0.25) is 0 Å². The van der Waals surface area contributed by atoms with E-state index in [-0.39, 0.29) is 17.7 Å². The molecule has 3 saturated carbocycles. The van der Waals surface area contributed by atoms with E-state index in [1.54, 1.807) is 0 Å². The molecule has 0 spiro atoms. The van der Waals surface area contributed by atoms with Crippen LogP contribution in [0, 0.1) is 23.2 Å². The molecule has 3 aliphatic rings. The van der Waals surface area contributed by atoms with E-state index in [2.05, 4.69) is 34.0 Å². The van der Waals surface area contributed by atoms with Crippen molar-refractivity contribution in [1.82, 2.24) is 24.8 Å². The van der Waals surface area contributed by atoms with Gasteiger partial charge >= 0.3 is 6.09 Å². The van der Waals surface area contributed by atoms with Crippen LogP contribution in [0.5, 0.6) is 0 Å². The van der Waals surface area contributed by atoms with E-state index in [1.165, 1.54) is 57.8 Å². The summed E-state index contributed by atoms with van der Waals surface area (Å²) in [5.41, 5.74) is 1.49. The molecule has 9 heteroatoms. The maximum Gasteiger partial charge on any atom is 0.410 e. The lowest BCUT2D eigenvalue weighted by Gasteiger charge is -2.32. The van der Waals surface area contributed by atoms with E-state index in [9.17, 15) is 4.79 Å². The fraction of sp³-hybridized carbons (Fsp3) is 0.731. The van der Waals surface area contributed by atoms with Gasteiger partial charge in [-0.2, -0.15) is 0 Å². The molecule has 2 aromatic rings. The molecular formula is C26H39N7O2. The Labute approximate surface area is 207 Å². The highest BCUT2D eigenvalue weighted by Gasteiger charge is 2.31. The van der Waals surface area contributed by atoms with Crippen LogP contribution in [-0.2, 0) is 6.54 Å². The standard InChI is InChI=1S/C26H39N7O2/c1-15-10-12-17(13-11-15)14-33-20-22(28-16(2)18-8-5-9-18)30-24(21(27)29-26(34)35)31-23(20)32-25(33)19-6-3-4-7-19/h15-19H,3-14H2,1-2H3,(H2,27,29)(H,34,35)(H,28,30,31)/t15-,16-,17-/m1/s1.